The molecule has 3 heterocycles. The molecule has 7 heteroatoms. The first kappa shape index (κ1) is 20.3. The Balaban J connectivity index is 1.45. The zero-order valence-electron chi connectivity index (χ0n) is 17.5. The second-order valence-electron chi connectivity index (χ2n) is 7.46. The van der Waals surface area contributed by atoms with E-state index >= 15 is 0 Å². The number of benzene rings is 2. The summed E-state index contributed by atoms with van der Waals surface area (Å²) in [5.74, 6) is 1.49. The number of thioether (sulfide) groups is 1. The lowest BCUT2D eigenvalue weighted by Gasteiger charge is -2.24. The first-order valence-electron chi connectivity index (χ1n) is 10.5. The number of aromatic nitrogens is 3. The number of carbonyl (C=O) groups is 1. The largest absolute Gasteiger partial charge is 0.461 e. The van der Waals surface area contributed by atoms with Gasteiger partial charge in [-0.15, -0.1) is 16.8 Å². The van der Waals surface area contributed by atoms with Crippen molar-refractivity contribution in [2.24, 2.45) is 0 Å². The fourth-order valence-corrected chi connectivity index (χ4v) is 4.81. The fourth-order valence-electron chi connectivity index (χ4n) is 4.02. The van der Waals surface area contributed by atoms with Crippen molar-refractivity contribution in [3.05, 3.63) is 90.7 Å². The number of furan rings is 1. The minimum Gasteiger partial charge on any atom is -0.461 e. The third kappa shape index (κ3) is 3.76. The van der Waals surface area contributed by atoms with E-state index in [1.807, 2.05) is 58.0 Å². The number of allylic oxidation sites excluding steroid dienone is 1. The van der Waals surface area contributed by atoms with Crippen molar-refractivity contribution in [2.45, 2.75) is 24.5 Å². The second-order valence-corrected chi connectivity index (χ2v) is 8.40. The van der Waals surface area contributed by atoms with Crippen molar-refractivity contribution in [3.63, 3.8) is 0 Å². The number of aryl methyl sites for hydroxylation is 2. The van der Waals surface area contributed by atoms with E-state index in [2.05, 4.69) is 28.9 Å². The van der Waals surface area contributed by atoms with Gasteiger partial charge in [0.1, 0.15) is 0 Å². The monoisotopic (exact) mass is 442 g/mol. The SMILES string of the molecule is C=CCn1c(SCC(=O)N2c3ccccc3CCc3ccccc32)nnc1-c1ccco1. The van der Waals surface area contributed by atoms with E-state index in [0.29, 0.717) is 23.3 Å². The average Bonchev–Trinajstić information content (AvgIpc) is 3.45. The lowest BCUT2D eigenvalue weighted by molar-refractivity contribution is -0.115. The molecule has 0 saturated heterocycles. The number of rotatable bonds is 6. The number of amides is 1. The molecule has 2 aromatic heterocycles. The van der Waals surface area contributed by atoms with E-state index in [1.165, 1.54) is 22.9 Å². The van der Waals surface area contributed by atoms with Crippen LogP contribution in [0, 0.1) is 0 Å². The zero-order valence-corrected chi connectivity index (χ0v) is 18.3. The Bertz CT molecular complexity index is 1220. The number of anilines is 2. The first-order chi connectivity index (χ1) is 15.8. The number of nitrogens with zero attached hydrogens (tertiary/aromatic N) is 4. The molecule has 5 rings (SSSR count). The highest BCUT2D eigenvalue weighted by Gasteiger charge is 2.26. The lowest BCUT2D eigenvalue weighted by atomic mass is 10.0. The van der Waals surface area contributed by atoms with Gasteiger partial charge in [-0.2, -0.15) is 0 Å². The summed E-state index contributed by atoms with van der Waals surface area (Å²) < 4.78 is 7.40. The maximum Gasteiger partial charge on any atom is 0.242 e. The highest BCUT2D eigenvalue weighted by molar-refractivity contribution is 7.99. The van der Waals surface area contributed by atoms with Crippen LogP contribution in [0.15, 0.2) is 89.2 Å². The average molecular weight is 443 g/mol. The smallest absolute Gasteiger partial charge is 0.242 e. The molecule has 0 saturated carbocycles. The Morgan fingerprint density at radius 3 is 2.31 bits per heavy atom. The number of para-hydroxylation sites is 2. The van der Waals surface area contributed by atoms with Crippen LogP contribution in [0.1, 0.15) is 11.1 Å². The second kappa shape index (κ2) is 8.88. The van der Waals surface area contributed by atoms with E-state index in [1.54, 1.807) is 12.3 Å². The Morgan fingerprint density at radius 1 is 1.00 bits per heavy atom. The van der Waals surface area contributed by atoms with Crippen molar-refractivity contribution < 1.29 is 9.21 Å². The molecular formula is C25H22N4O2S. The van der Waals surface area contributed by atoms with E-state index in [9.17, 15) is 4.79 Å². The Morgan fingerprint density at radius 2 is 1.69 bits per heavy atom. The summed E-state index contributed by atoms with van der Waals surface area (Å²) in [5.41, 5.74) is 4.26. The van der Waals surface area contributed by atoms with Gasteiger partial charge in [0.25, 0.3) is 0 Å². The van der Waals surface area contributed by atoms with E-state index < -0.39 is 0 Å². The van der Waals surface area contributed by atoms with Crippen molar-refractivity contribution in [3.8, 4) is 11.6 Å². The minimum atomic E-state index is 0.00417. The number of fused-ring (bicyclic) bond motifs is 2. The molecule has 6 nitrogen and oxygen atoms in total. The van der Waals surface area contributed by atoms with E-state index in [0.717, 1.165) is 24.2 Å². The van der Waals surface area contributed by atoms with Gasteiger partial charge in [-0.25, -0.2) is 0 Å². The zero-order chi connectivity index (χ0) is 21.9. The number of hydrogen-bond donors (Lipinski definition) is 0. The summed E-state index contributed by atoms with van der Waals surface area (Å²) in [7, 11) is 0. The van der Waals surface area contributed by atoms with Crippen LogP contribution in [0.3, 0.4) is 0 Å². The number of carbonyl (C=O) groups excluding carboxylic acids is 1. The molecule has 160 valence electrons. The highest BCUT2D eigenvalue weighted by atomic mass is 32.2. The first-order valence-corrected chi connectivity index (χ1v) is 11.4. The van der Waals surface area contributed by atoms with Gasteiger partial charge in [0.05, 0.1) is 23.4 Å². The predicted molar refractivity (Wildman–Crippen MR) is 126 cm³/mol. The van der Waals surface area contributed by atoms with Gasteiger partial charge in [0.15, 0.2) is 10.9 Å². The summed E-state index contributed by atoms with van der Waals surface area (Å²) in [6, 6.07) is 19.9. The quantitative estimate of drug-likeness (QED) is 0.300. The van der Waals surface area contributed by atoms with E-state index in [-0.39, 0.29) is 11.7 Å². The van der Waals surface area contributed by atoms with Crippen LogP contribution in [-0.2, 0) is 24.2 Å². The fraction of sp³-hybridized carbons (Fsp3) is 0.160. The van der Waals surface area contributed by atoms with Crippen LogP contribution in [-0.4, -0.2) is 26.4 Å². The Labute approximate surface area is 190 Å². The van der Waals surface area contributed by atoms with Crippen LogP contribution in [0.2, 0.25) is 0 Å². The minimum absolute atomic E-state index is 0.00417. The van der Waals surface area contributed by atoms with Crippen LogP contribution in [0.5, 0.6) is 0 Å². The molecule has 1 amide bonds. The van der Waals surface area contributed by atoms with Crippen LogP contribution in [0.25, 0.3) is 11.6 Å². The standard InChI is InChI=1S/C25H22N4O2S/c1-2-15-28-24(22-12-7-16-31-22)26-27-25(28)32-17-23(30)29-20-10-5-3-8-18(20)13-14-19-9-4-6-11-21(19)29/h2-12,16H,1,13-15,17H2. The summed E-state index contributed by atoms with van der Waals surface area (Å²) in [6.07, 6.45) is 5.20. The Hall–Kier alpha value is -3.58. The maximum absolute atomic E-state index is 13.6. The molecule has 4 aromatic rings. The van der Waals surface area contributed by atoms with Crippen LogP contribution in [0.4, 0.5) is 11.4 Å². The molecule has 2 aromatic carbocycles. The summed E-state index contributed by atoms with van der Waals surface area (Å²) in [4.78, 5) is 15.4. The van der Waals surface area contributed by atoms with Crippen LogP contribution < -0.4 is 4.90 Å². The normalized spacial score (nSPS) is 12.7. The summed E-state index contributed by atoms with van der Waals surface area (Å²) in [5, 5.41) is 9.25. The molecule has 0 unspecified atom stereocenters. The number of hydrogen-bond acceptors (Lipinski definition) is 5. The molecule has 32 heavy (non-hydrogen) atoms. The third-order valence-electron chi connectivity index (χ3n) is 5.47. The third-order valence-corrected chi connectivity index (χ3v) is 6.42. The summed E-state index contributed by atoms with van der Waals surface area (Å²) in [6.45, 7) is 4.36. The Kier molecular flexibility index (Phi) is 5.64. The molecule has 0 radical (unpaired) electrons. The molecule has 1 aliphatic heterocycles. The van der Waals surface area contributed by atoms with Gasteiger partial charge in [0, 0.05) is 6.54 Å². The van der Waals surface area contributed by atoms with Gasteiger partial charge in [-0.3, -0.25) is 14.3 Å². The van der Waals surface area contributed by atoms with Gasteiger partial charge >= 0.3 is 0 Å². The van der Waals surface area contributed by atoms with Crippen molar-refractivity contribution >= 4 is 29.0 Å². The van der Waals surface area contributed by atoms with Crippen molar-refractivity contribution in [2.75, 3.05) is 10.7 Å². The lowest BCUT2D eigenvalue weighted by Crippen LogP contribution is -2.28. The molecule has 1 aliphatic rings. The van der Waals surface area contributed by atoms with Gasteiger partial charge in [0.2, 0.25) is 11.7 Å². The van der Waals surface area contributed by atoms with Gasteiger partial charge < -0.3 is 4.42 Å². The van der Waals surface area contributed by atoms with Crippen molar-refractivity contribution in [1.82, 2.24) is 14.8 Å². The molecule has 0 atom stereocenters. The van der Waals surface area contributed by atoms with E-state index in [4.69, 9.17) is 4.42 Å². The molecule has 0 N–H and O–H groups in total. The maximum atomic E-state index is 13.6. The predicted octanol–water partition coefficient (Wildman–Crippen LogP) is 5.28. The topological polar surface area (TPSA) is 64.2 Å². The molecular weight excluding hydrogens is 420 g/mol. The molecule has 0 fully saturated rings. The molecule has 0 spiro atoms. The molecule has 0 bridgehead atoms. The highest BCUT2D eigenvalue weighted by Crippen LogP contribution is 2.37. The van der Waals surface area contributed by atoms with Gasteiger partial charge in [-0.1, -0.05) is 54.2 Å². The van der Waals surface area contributed by atoms with Gasteiger partial charge in [-0.05, 0) is 48.2 Å². The van der Waals surface area contributed by atoms with Crippen molar-refractivity contribution in [1.29, 1.82) is 0 Å². The summed E-state index contributed by atoms with van der Waals surface area (Å²) >= 11 is 1.37. The molecule has 0 aliphatic carbocycles. The van der Waals surface area contributed by atoms with Crippen LogP contribution >= 0.6 is 11.8 Å².